The van der Waals surface area contributed by atoms with Crippen LogP contribution in [0.4, 0.5) is 5.69 Å². The van der Waals surface area contributed by atoms with Gasteiger partial charge < -0.3 is 20.5 Å². The number of carbonyl (C=O) groups excluding carboxylic acids is 3. The van der Waals surface area contributed by atoms with Crippen molar-refractivity contribution in [1.82, 2.24) is 5.43 Å². The normalized spacial score (nSPS) is 10.4. The van der Waals surface area contributed by atoms with Crippen molar-refractivity contribution in [1.29, 1.82) is 0 Å². The number of nitrogens with two attached hydrogens (primary N) is 1. The topological polar surface area (TPSA) is 132 Å². The molecular formula is C19H20N4O5. The van der Waals surface area contributed by atoms with Crippen LogP contribution in [-0.4, -0.2) is 37.7 Å². The molecule has 0 aliphatic carbocycles. The van der Waals surface area contributed by atoms with Crippen molar-refractivity contribution in [2.24, 2.45) is 10.8 Å². The van der Waals surface area contributed by atoms with E-state index in [2.05, 4.69) is 15.8 Å². The predicted octanol–water partition coefficient (Wildman–Crippen LogP) is 0.957. The number of aryl methyl sites for hydroxylation is 1. The summed E-state index contributed by atoms with van der Waals surface area (Å²) < 4.78 is 10.3. The Labute approximate surface area is 161 Å². The first-order chi connectivity index (χ1) is 13.4. The maximum absolute atomic E-state index is 12.0. The molecule has 2 aromatic carbocycles. The minimum Gasteiger partial charge on any atom is -0.495 e. The Kier molecular flexibility index (Phi) is 7.09. The molecule has 4 N–H and O–H groups in total. The lowest BCUT2D eigenvalue weighted by Gasteiger charge is -2.10. The number of nitrogens with one attached hydrogen (secondary N) is 2. The molecule has 9 heteroatoms. The van der Waals surface area contributed by atoms with Crippen molar-refractivity contribution in [3.8, 4) is 11.5 Å². The van der Waals surface area contributed by atoms with E-state index >= 15 is 0 Å². The van der Waals surface area contributed by atoms with E-state index in [-0.39, 0.29) is 6.61 Å². The number of hydrogen-bond donors (Lipinski definition) is 3. The van der Waals surface area contributed by atoms with Crippen molar-refractivity contribution >= 4 is 29.6 Å². The molecular weight excluding hydrogens is 364 g/mol. The van der Waals surface area contributed by atoms with Crippen LogP contribution >= 0.6 is 0 Å². The minimum absolute atomic E-state index is 0.218. The number of carbonyl (C=O) groups is 3. The quantitative estimate of drug-likeness (QED) is 0.372. The molecule has 28 heavy (non-hydrogen) atoms. The standard InChI is InChI=1S/C19H20N4O5/c1-12-3-8-16(27-2)15(9-12)22-18(25)19(26)23-21-10-13-4-6-14(7-5-13)28-11-17(20)24/h3-10H,11H2,1-2H3,(H2,20,24)(H,22,25)(H,23,26)/b21-10+. The van der Waals surface area contributed by atoms with Crippen molar-refractivity contribution < 1.29 is 23.9 Å². The molecule has 0 radical (unpaired) electrons. The highest BCUT2D eigenvalue weighted by molar-refractivity contribution is 6.39. The van der Waals surface area contributed by atoms with E-state index in [1.54, 1.807) is 36.4 Å². The van der Waals surface area contributed by atoms with Crippen LogP contribution in [0.15, 0.2) is 47.6 Å². The summed E-state index contributed by atoms with van der Waals surface area (Å²) in [6.45, 7) is 1.63. The molecule has 0 aromatic heterocycles. The van der Waals surface area contributed by atoms with Gasteiger partial charge in [0.2, 0.25) is 0 Å². The lowest BCUT2D eigenvalue weighted by Crippen LogP contribution is -2.32. The van der Waals surface area contributed by atoms with E-state index < -0.39 is 17.7 Å². The summed E-state index contributed by atoms with van der Waals surface area (Å²) in [4.78, 5) is 34.5. The summed E-state index contributed by atoms with van der Waals surface area (Å²) in [6, 6.07) is 11.7. The maximum atomic E-state index is 12.0. The number of amides is 3. The number of ether oxygens (including phenoxy) is 2. The Balaban J connectivity index is 1.90. The number of methoxy groups -OCH3 is 1. The van der Waals surface area contributed by atoms with Crippen LogP contribution in [0.5, 0.6) is 11.5 Å². The fourth-order valence-corrected chi connectivity index (χ4v) is 2.12. The molecule has 0 spiro atoms. The van der Waals surface area contributed by atoms with Gasteiger partial charge >= 0.3 is 11.8 Å². The molecule has 2 aromatic rings. The molecule has 0 fully saturated rings. The fourth-order valence-electron chi connectivity index (χ4n) is 2.12. The molecule has 146 valence electrons. The number of hydrazone groups is 1. The molecule has 0 unspecified atom stereocenters. The van der Waals surface area contributed by atoms with Crippen LogP contribution < -0.4 is 25.9 Å². The molecule has 0 aliphatic rings. The van der Waals surface area contributed by atoms with E-state index in [0.717, 1.165) is 5.56 Å². The van der Waals surface area contributed by atoms with Gasteiger partial charge in [-0.3, -0.25) is 14.4 Å². The number of hydrogen-bond acceptors (Lipinski definition) is 6. The predicted molar refractivity (Wildman–Crippen MR) is 103 cm³/mol. The maximum Gasteiger partial charge on any atom is 0.329 e. The second kappa shape index (κ2) is 9.72. The Morgan fingerprint density at radius 3 is 2.46 bits per heavy atom. The van der Waals surface area contributed by atoms with Gasteiger partial charge in [-0.15, -0.1) is 0 Å². The van der Waals surface area contributed by atoms with Crippen LogP contribution in [0.1, 0.15) is 11.1 Å². The van der Waals surface area contributed by atoms with E-state index in [1.807, 2.05) is 13.0 Å². The second-order valence-corrected chi connectivity index (χ2v) is 5.68. The van der Waals surface area contributed by atoms with E-state index in [1.165, 1.54) is 13.3 Å². The fraction of sp³-hybridized carbons (Fsp3) is 0.158. The first-order valence-electron chi connectivity index (χ1n) is 8.19. The third-order valence-corrected chi connectivity index (χ3v) is 3.45. The third kappa shape index (κ3) is 6.13. The van der Waals surface area contributed by atoms with Crippen molar-refractivity contribution in [3.05, 3.63) is 53.6 Å². The number of primary amides is 1. The lowest BCUT2D eigenvalue weighted by atomic mass is 10.2. The third-order valence-electron chi connectivity index (χ3n) is 3.45. The highest BCUT2D eigenvalue weighted by atomic mass is 16.5. The van der Waals surface area contributed by atoms with Gasteiger partial charge in [0.05, 0.1) is 19.0 Å². The number of anilines is 1. The smallest absolute Gasteiger partial charge is 0.329 e. The lowest BCUT2D eigenvalue weighted by molar-refractivity contribution is -0.136. The molecule has 0 heterocycles. The summed E-state index contributed by atoms with van der Waals surface area (Å²) >= 11 is 0. The van der Waals surface area contributed by atoms with E-state index in [9.17, 15) is 14.4 Å². The highest BCUT2D eigenvalue weighted by Crippen LogP contribution is 2.24. The Morgan fingerprint density at radius 1 is 1.11 bits per heavy atom. The molecule has 0 atom stereocenters. The molecule has 0 aliphatic heterocycles. The monoisotopic (exact) mass is 384 g/mol. The zero-order chi connectivity index (χ0) is 20.5. The first-order valence-corrected chi connectivity index (χ1v) is 8.19. The van der Waals surface area contributed by atoms with Gasteiger partial charge in [-0.2, -0.15) is 5.10 Å². The van der Waals surface area contributed by atoms with Gasteiger partial charge in [-0.25, -0.2) is 5.43 Å². The van der Waals surface area contributed by atoms with E-state index in [0.29, 0.717) is 22.7 Å². The SMILES string of the molecule is COc1ccc(C)cc1NC(=O)C(=O)N/N=C/c1ccc(OCC(N)=O)cc1. The minimum atomic E-state index is -0.929. The molecule has 9 nitrogen and oxygen atoms in total. The summed E-state index contributed by atoms with van der Waals surface area (Å²) in [5.74, 6) is -1.48. The first kappa shape index (κ1) is 20.4. The van der Waals surface area contributed by atoms with Crippen LogP contribution in [0.3, 0.4) is 0 Å². The summed E-state index contributed by atoms with van der Waals surface area (Å²) in [6.07, 6.45) is 1.36. The van der Waals surface area contributed by atoms with Crippen LogP contribution in [0.25, 0.3) is 0 Å². The molecule has 0 saturated carbocycles. The molecule has 0 bridgehead atoms. The van der Waals surface area contributed by atoms with Crippen LogP contribution in [0, 0.1) is 6.92 Å². The molecule has 0 saturated heterocycles. The van der Waals surface area contributed by atoms with Crippen molar-refractivity contribution in [3.63, 3.8) is 0 Å². The summed E-state index contributed by atoms with van der Waals surface area (Å²) in [5.41, 5.74) is 9.07. The van der Waals surface area contributed by atoms with Gasteiger partial charge in [0.15, 0.2) is 6.61 Å². The number of nitrogens with zero attached hydrogens (tertiary/aromatic N) is 1. The van der Waals surface area contributed by atoms with Crippen LogP contribution in [-0.2, 0) is 14.4 Å². The second-order valence-electron chi connectivity index (χ2n) is 5.68. The summed E-state index contributed by atoms with van der Waals surface area (Å²) in [7, 11) is 1.47. The van der Waals surface area contributed by atoms with Gasteiger partial charge in [0, 0.05) is 0 Å². The largest absolute Gasteiger partial charge is 0.495 e. The van der Waals surface area contributed by atoms with Crippen molar-refractivity contribution in [2.75, 3.05) is 19.0 Å². The average Bonchev–Trinajstić information content (AvgIpc) is 2.67. The van der Waals surface area contributed by atoms with Crippen molar-refractivity contribution in [2.45, 2.75) is 6.92 Å². The highest BCUT2D eigenvalue weighted by Gasteiger charge is 2.15. The summed E-state index contributed by atoms with van der Waals surface area (Å²) in [5, 5.41) is 6.21. The van der Waals surface area contributed by atoms with Crippen LogP contribution in [0.2, 0.25) is 0 Å². The Bertz CT molecular complexity index is 894. The zero-order valence-corrected chi connectivity index (χ0v) is 15.4. The molecule has 2 rings (SSSR count). The molecule has 3 amide bonds. The number of rotatable bonds is 7. The number of benzene rings is 2. The Morgan fingerprint density at radius 2 is 1.82 bits per heavy atom. The Hall–Kier alpha value is -3.88. The van der Waals surface area contributed by atoms with Gasteiger partial charge in [0.25, 0.3) is 5.91 Å². The van der Waals surface area contributed by atoms with E-state index in [4.69, 9.17) is 15.2 Å². The van der Waals surface area contributed by atoms with Gasteiger partial charge in [-0.05, 0) is 54.4 Å². The van der Waals surface area contributed by atoms with Gasteiger partial charge in [0.1, 0.15) is 11.5 Å². The zero-order valence-electron chi connectivity index (χ0n) is 15.4. The van der Waals surface area contributed by atoms with Gasteiger partial charge in [-0.1, -0.05) is 6.07 Å². The average molecular weight is 384 g/mol.